The van der Waals surface area contributed by atoms with E-state index in [1.54, 1.807) is 0 Å². The zero-order valence-corrected chi connectivity index (χ0v) is 40.9. The Morgan fingerprint density at radius 2 is 0.645 bits per heavy atom. The van der Waals surface area contributed by atoms with Gasteiger partial charge < -0.3 is 14.2 Å². The van der Waals surface area contributed by atoms with E-state index >= 15 is 0 Å². The standard InChI is InChI=1S/C56H98O6/c1-4-7-10-13-16-19-22-25-27-29-31-34-37-40-43-46-49-55(58)61-52-53(51-60-54(57)48-45-42-39-36-33-30-24-21-18-15-12-9-6-3)62-56(59)50-47-44-41-38-35-32-28-26-23-20-17-14-11-8-5-2/h9,12,15,18,20-21,23-24,27,29,53H,4-8,10-11,13-14,16-17,19,22,25-26,28,30-52H2,1-3H3/b12-9-,18-15-,23-20-,24-21-,29-27-. The van der Waals surface area contributed by atoms with E-state index in [2.05, 4.69) is 81.5 Å². The smallest absolute Gasteiger partial charge is 0.306 e. The average molecular weight is 867 g/mol. The fourth-order valence-electron chi connectivity index (χ4n) is 7.31. The van der Waals surface area contributed by atoms with E-state index in [-0.39, 0.29) is 31.1 Å². The molecule has 62 heavy (non-hydrogen) atoms. The Balaban J connectivity index is 4.41. The first-order valence-corrected chi connectivity index (χ1v) is 26.3. The van der Waals surface area contributed by atoms with Crippen molar-refractivity contribution in [1.82, 2.24) is 0 Å². The van der Waals surface area contributed by atoms with E-state index in [4.69, 9.17) is 14.2 Å². The van der Waals surface area contributed by atoms with Gasteiger partial charge in [-0.05, 0) is 89.9 Å². The number of rotatable bonds is 47. The van der Waals surface area contributed by atoms with Gasteiger partial charge in [-0.15, -0.1) is 0 Å². The lowest BCUT2D eigenvalue weighted by molar-refractivity contribution is -0.167. The molecule has 1 atom stereocenters. The van der Waals surface area contributed by atoms with Crippen molar-refractivity contribution in [2.24, 2.45) is 0 Å². The van der Waals surface area contributed by atoms with Crippen LogP contribution in [0.15, 0.2) is 60.8 Å². The van der Waals surface area contributed by atoms with Crippen molar-refractivity contribution in [3.63, 3.8) is 0 Å². The number of carbonyl (C=O) groups is 3. The van der Waals surface area contributed by atoms with Gasteiger partial charge >= 0.3 is 17.9 Å². The Hall–Kier alpha value is -2.89. The quantitative estimate of drug-likeness (QED) is 0.0199. The largest absolute Gasteiger partial charge is 0.462 e. The molecule has 6 nitrogen and oxygen atoms in total. The van der Waals surface area contributed by atoms with E-state index < -0.39 is 6.10 Å². The van der Waals surface area contributed by atoms with E-state index in [0.717, 1.165) is 89.9 Å². The van der Waals surface area contributed by atoms with Crippen molar-refractivity contribution in [1.29, 1.82) is 0 Å². The van der Waals surface area contributed by atoms with Gasteiger partial charge in [0, 0.05) is 19.3 Å². The summed E-state index contributed by atoms with van der Waals surface area (Å²) >= 11 is 0. The third-order valence-electron chi connectivity index (χ3n) is 11.3. The number of ether oxygens (including phenoxy) is 3. The molecule has 0 aromatic carbocycles. The lowest BCUT2D eigenvalue weighted by Gasteiger charge is -2.18. The molecule has 0 fully saturated rings. The van der Waals surface area contributed by atoms with E-state index in [1.165, 1.54) is 128 Å². The van der Waals surface area contributed by atoms with E-state index in [0.29, 0.717) is 19.3 Å². The van der Waals surface area contributed by atoms with Crippen LogP contribution in [0, 0.1) is 0 Å². The van der Waals surface area contributed by atoms with Crippen molar-refractivity contribution in [3.05, 3.63) is 60.8 Å². The summed E-state index contributed by atoms with van der Waals surface area (Å²) in [4.78, 5) is 38.0. The molecular weight excluding hydrogens is 769 g/mol. The molecule has 0 aromatic heterocycles. The molecular formula is C56H98O6. The summed E-state index contributed by atoms with van der Waals surface area (Å²) in [7, 11) is 0. The predicted molar refractivity (Wildman–Crippen MR) is 265 cm³/mol. The zero-order valence-electron chi connectivity index (χ0n) is 40.9. The molecule has 0 rings (SSSR count). The highest BCUT2D eigenvalue weighted by Crippen LogP contribution is 2.14. The van der Waals surface area contributed by atoms with Crippen LogP contribution in [0.1, 0.15) is 258 Å². The van der Waals surface area contributed by atoms with Gasteiger partial charge in [-0.1, -0.05) is 210 Å². The van der Waals surface area contributed by atoms with Crippen LogP contribution < -0.4 is 0 Å². The summed E-state index contributed by atoms with van der Waals surface area (Å²) < 4.78 is 16.8. The summed E-state index contributed by atoms with van der Waals surface area (Å²) in [6.07, 6.45) is 62.0. The summed E-state index contributed by atoms with van der Waals surface area (Å²) in [6.45, 7) is 6.47. The molecule has 1 unspecified atom stereocenters. The minimum atomic E-state index is -0.787. The van der Waals surface area contributed by atoms with Crippen molar-refractivity contribution in [2.45, 2.75) is 264 Å². The zero-order chi connectivity index (χ0) is 45.1. The van der Waals surface area contributed by atoms with Gasteiger partial charge in [0.2, 0.25) is 0 Å². The van der Waals surface area contributed by atoms with Gasteiger partial charge in [-0.3, -0.25) is 14.4 Å². The van der Waals surface area contributed by atoms with Crippen LogP contribution in [-0.2, 0) is 28.6 Å². The number of hydrogen-bond donors (Lipinski definition) is 0. The molecule has 358 valence electrons. The number of allylic oxidation sites excluding steroid dienone is 10. The maximum atomic E-state index is 12.8. The van der Waals surface area contributed by atoms with E-state index in [1.807, 2.05) is 0 Å². The molecule has 0 aliphatic rings. The molecule has 0 radical (unpaired) electrons. The fourth-order valence-corrected chi connectivity index (χ4v) is 7.31. The summed E-state index contributed by atoms with van der Waals surface area (Å²) in [5, 5.41) is 0. The molecule has 0 saturated carbocycles. The van der Waals surface area contributed by atoms with Crippen LogP contribution in [0.3, 0.4) is 0 Å². The van der Waals surface area contributed by atoms with Crippen molar-refractivity contribution in [3.8, 4) is 0 Å². The number of hydrogen-bond acceptors (Lipinski definition) is 6. The highest BCUT2D eigenvalue weighted by molar-refractivity contribution is 5.71. The lowest BCUT2D eigenvalue weighted by Crippen LogP contribution is -2.30. The van der Waals surface area contributed by atoms with Crippen LogP contribution in [0.2, 0.25) is 0 Å². The molecule has 0 aliphatic carbocycles. The van der Waals surface area contributed by atoms with E-state index in [9.17, 15) is 14.4 Å². The van der Waals surface area contributed by atoms with Crippen LogP contribution in [0.5, 0.6) is 0 Å². The minimum absolute atomic E-state index is 0.0865. The Kier molecular flexibility index (Phi) is 48.4. The van der Waals surface area contributed by atoms with Gasteiger partial charge in [0.1, 0.15) is 13.2 Å². The topological polar surface area (TPSA) is 78.9 Å². The molecule has 6 heteroatoms. The van der Waals surface area contributed by atoms with Crippen LogP contribution in [-0.4, -0.2) is 37.2 Å². The SMILES string of the molecule is CC\C=C/C=C\C=C/CCCCCCCC(=O)OCC(COC(=O)CCCCCCC/C=C\CCCCCCCCC)OC(=O)CCCCCCCCC/C=C\CCCCCC. The van der Waals surface area contributed by atoms with Gasteiger partial charge in [0.05, 0.1) is 0 Å². The molecule has 0 bridgehead atoms. The van der Waals surface area contributed by atoms with Gasteiger partial charge in [-0.2, -0.15) is 0 Å². The maximum absolute atomic E-state index is 12.8. The third kappa shape index (κ3) is 48.1. The first kappa shape index (κ1) is 59.1. The van der Waals surface area contributed by atoms with Crippen LogP contribution in [0.25, 0.3) is 0 Å². The van der Waals surface area contributed by atoms with Crippen molar-refractivity contribution in [2.75, 3.05) is 13.2 Å². The third-order valence-corrected chi connectivity index (χ3v) is 11.3. The Morgan fingerprint density at radius 3 is 1.03 bits per heavy atom. The number of unbranched alkanes of at least 4 members (excludes halogenated alkanes) is 28. The summed E-state index contributed by atoms with van der Waals surface area (Å²) in [6, 6.07) is 0. The van der Waals surface area contributed by atoms with Crippen LogP contribution in [0.4, 0.5) is 0 Å². The monoisotopic (exact) mass is 867 g/mol. The van der Waals surface area contributed by atoms with Crippen LogP contribution >= 0.6 is 0 Å². The lowest BCUT2D eigenvalue weighted by atomic mass is 10.1. The molecule has 0 aliphatic heterocycles. The first-order valence-electron chi connectivity index (χ1n) is 26.3. The molecule has 0 spiro atoms. The highest BCUT2D eigenvalue weighted by Gasteiger charge is 2.19. The number of esters is 3. The van der Waals surface area contributed by atoms with Gasteiger partial charge in [0.25, 0.3) is 0 Å². The second-order valence-electron chi connectivity index (χ2n) is 17.5. The van der Waals surface area contributed by atoms with Crippen molar-refractivity contribution >= 4 is 17.9 Å². The normalized spacial score (nSPS) is 12.5. The van der Waals surface area contributed by atoms with Gasteiger partial charge in [-0.25, -0.2) is 0 Å². The highest BCUT2D eigenvalue weighted by atomic mass is 16.6. The maximum Gasteiger partial charge on any atom is 0.306 e. The first-order chi connectivity index (χ1) is 30.5. The minimum Gasteiger partial charge on any atom is -0.462 e. The molecule has 0 amide bonds. The molecule has 0 N–H and O–H groups in total. The van der Waals surface area contributed by atoms with Gasteiger partial charge in [0.15, 0.2) is 6.10 Å². The predicted octanol–water partition coefficient (Wildman–Crippen LogP) is 17.3. The Labute approximate surface area is 383 Å². The second kappa shape index (κ2) is 50.8. The second-order valence-corrected chi connectivity index (χ2v) is 17.5. The molecule has 0 heterocycles. The van der Waals surface area contributed by atoms with Crippen molar-refractivity contribution < 1.29 is 28.6 Å². The average Bonchev–Trinajstić information content (AvgIpc) is 3.27. The molecule has 0 aromatic rings. The Bertz CT molecular complexity index is 1130. The summed E-state index contributed by atoms with van der Waals surface area (Å²) in [5.41, 5.74) is 0. The Morgan fingerprint density at radius 1 is 0.339 bits per heavy atom. The summed E-state index contributed by atoms with van der Waals surface area (Å²) in [5.74, 6) is -0.915. The fraction of sp³-hybridized carbons (Fsp3) is 0.768. The number of carbonyl (C=O) groups excluding carboxylic acids is 3. The molecule has 0 saturated heterocycles.